The molecular weight excluding hydrogens is 452 g/mol. The Labute approximate surface area is 197 Å². The van der Waals surface area contributed by atoms with Crippen LogP contribution in [0.15, 0.2) is 29.2 Å². The lowest BCUT2D eigenvalue weighted by Crippen LogP contribution is -2.38. The number of amides is 1. The van der Waals surface area contributed by atoms with Crippen LogP contribution in [-0.4, -0.2) is 78.3 Å². The molecule has 1 amide bonds. The number of carbonyl (C=O) groups excluding carboxylic acids is 2. The van der Waals surface area contributed by atoms with Crippen LogP contribution in [0.25, 0.3) is 0 Å². The van der Waals surface area contributed by atoms with Crippen molar-refractivity contribution in [1.82, 2.24) is 10.6 Å². The maximum atomic E-state index is 11.9. The minimum atomic E-state index is -2.34. The number of nitrogens with one attached hydrogen (secondary N) is 2. The molecule has 0 radical (unpaired) electrons. The van der Waals surface area contributed by atoms with Gasteiger partial charge < -0.3 is 29.2 Å². The third kappa shape index (κ3) is 13.5. The molecule has 0 aliphatic rings. The fourth-order valence-corrected chi connectivity index (χ4v) is 3.23. The molecule has 0 heterocycles. The van der Waals surface area contributed by atoms with Crippen molar-refractivity contribution in [2.24, 2.45) is 0 Å². The van der Waals surface area contributed by atoms with E-state index >= 15 is 0 Å². The average molecular weight is 488 g/mol. The number of rotatable bonds is 19. The van der Waals surface area contributed by atoms with E-state index in [1.807, 2.05) is 0 Å². The zero-order valence-electron chi connectivity index (χ0n) is 19.2. The monoisotopic (exact) mass is 487 g/mol. The van der Waals surface area contributed by atoms with Crippen molar-refractivity contribution in [2.45, 2.75) is 49.8 Å². The van der Waals surface area contributed by atoms with E-state index in [9.17, 15) is 23.5 Å². The molecule has 188 valence electrons. The van der Waals surface area contributed by atoms with Crippen molar-refractivity contribution in [1.29, 1.82) is 0 Å². The number of methoxy groups -OCH3 is 1. The summed E-state index contributed by atoms with van der Waals surface area (Å²) in [6, 6.07) is 5.21. The predicted octanol–water partition coefficient (Wildman–Crippen LogP) is 0.819. The maximum absolute atomic E-state index is 11.9. The summed E-state index contributed by atoms with van der Waals surface area (Å²) >= 11 is -2.34. The van der Waals surface area contributed by atoms with Crippen molar-refractivity contribution in [2.75, 3.05) is 46.7 Å². The first kappa shape index (κ1) is 29.3. The molecule has 10 nitrogen and oxygen atoms in total. The van der Waals surface area contributed by atoms with E-state index in [2.05, 4.69) is 10.6 Å². The smallest absolute Gasteiger partial charge is 0.222 e. The Morgan fingerprint density at radius 3 is 2.30 bits per heavy atom. The fraction of sp³-hybridized carbons (Fsp3) is 0.636. The standard InChI is InChI=1S/C22H36N2O8S/c1-17(25)20(24-22(27)18-6-8-19(9-7-18)33(28)29)5-3-4-11-23-21(26)10-12-31-15-16-32-14-13-30-2/h6-9,20,22,24,27H,3-5,10-16H2,1-2H3,(H,23,26)(H,28,29)/p-1. The van der Waals surface area contributed by atoms with E-state index in [4.69, 9.17) is 14.2 Å². The highest BCUT2D eigenvalue weighted by Gasteiger charge is 2.18. The van der Waals surface area contributed by atoms with Crippen LogP contribution in [-0.2, 0) is 34.9 Å². The van der Waals surface area contributed by atoms with Gasteiger partial charge in [0.05, 0.1) is 39.1 Å². The van der Waals surface area contributed by atoms with E-state index in [0.29, 0.717) is 64.4 Å². The minimum absolute atomic E-state index is 0.102. The summed E-state index contributed by atoms with van der Waals surface area (Å²) in [5.74, 6) is -0.215. The first-order valence-corrected chi connectivity index (χ1v) is 12.0. The summed E-state index contributed by atoms with van der Waals surface area (Å²) in [6.07, 6.45) is 1.02. The second-order valence-corrected chi connectivity index (χ2v) is 8.29. The summed E-state index contributed by atoms with van der Waals surface area (Å²) in [4.78, 5) is 23.9. The number of ketones is 1. The number of ether oxygens (including phenoxy) is 3. The van der Waals surface area contributed by atoms with E-state index in [0.717, 1.165) is 0 Å². The van der Waals surface area contributed by atoms with Gasteiger partial charge in [0.15, 0.2) is 0 Å². The zero-order valence-corrected chi connectivity index (χ0v) is 20.1. The van der Waals surface area contributed by atoms with Gasteiger partial charge >= 0.3 is 0 Å². The van der Waals surface area contributed by atoms with Crippen LogP contribution in [0.1, 0.15) is 44.4 Å². The Balaban J connectivity index is 2.19. The fourth-order valence-electron chi connectivity index (χ4n) is 2.87. The number of hydrogen-bond acceptors (Lipinski definition) is 9. The minimum Gasteiger partial charge on any atom is -0.768 e. The Morgan fingerprint density at radius 1 is 1.06 bits per heavy atom. The molecule has 0 fully saturated rings. The highest BCUT2D eigenvalue weighted by atomic mass is 32.2. The predicted molar refractivity (Wildman–Crippen MR) is 121 cm³/mol. The van der Waals surface area contributed by atoms with E-state index in [-0.39, 0.29) is 23.0 Å². The molecule has 1 rings (SSSR count). The highest BCUT2D eigenvalue weighted by molar-refractivity contribution is 7.79. The van der Waals surface area contributed by atoms with Crippen LogP contribution in [0.2, 0.25) is 0 Å². The second-order valence-electron chi connectivity index (χ2n) is 7.35. The van der Waals surface area contributed by atoms with Crippen molar-refractivity contribution in [3.8, 4) is 0 Å². The third-order valence-electron chi connectivity index (χ3n) is 4.76. The van der Waals surface area contributed by atoms with E-state index in [1.165, 1.54) is 31.2 Å². The summed E-state index contributed by atoms with van der Waals surface area (Å²) < 4.78 is 37.3. The van der Waals surface area contributed by atoms with Gasteiger partial charge in [0, 0.05) is 25.0 Å². The third-order valence-corrected chi connectivity index (χ3v) is 5.41. The van der Waals surface area contributed by atoms with Crippen LogP contribution < -0.4 is 10.6 Å². The van der Waals surface area contributed by atoms with Crippen LogP contribution in [0.4, 0.5) is 0 Å². The number of unbranched alkanes of at least 4 members (excludes halogenated alkanes) is 1. The normalized spacial score (nSPS) is 13.9. The number of aliphatic hydroxyl groups excluding tert-OH is 1. The topological polar surface area (TPSA) is 146 Å². The lowest BCUT2D eigenvalue weighted by molar-refractivity contribution is -0.122. The summed E-state index contributed by atoms with van der Waals surface area (Å²) in [5, 5.41) is 16.0. The van der Waals surface area contributed by atoms with Gasteiger partial charge in [0.2, 0.25) is 5.91 Å². The SMILES string of the molecule is COCCOCCOCCC(=O)NCCCCC(NC(O)c1ccc(S(=O)[O-])cc1)C(C)=O. The molecule has 0 saturated carbocycles. The first-order chi connectivity index (χ1) is 15.8. The summed E-state index contributed by atoms with van der Waals surface area (Å²) in [5.41, 5.74) is 0.464. The number of hydrogen-bond donors (Lipinski definition) is 3. The maximum Gasteiger partial charge on any atom is 0.222 e. The lowest BCUT2D eigenvalue weighted by atomic mass is 10.0. The first-order valence-electron chi connectivity index (χ1n) is 10.9. The molecular formula is C22H35N2O8S-. The van der Waals surface area contributed by atoms with Crippen molar-refractivity contribution >= 4 is 22.8 Å². The molecule has 3 unspecified atom stereocenters. The Hall–Kier alpha value is -1.73. The quantitative estimate of drug-likeness (QED) is 0.147. The molecule has 3 atom stereocenters. The molecule has 0 bridgehead atoms. The molecule has 11 heteroatoms. The molecule has 0 aromatic heterocycles. The molecule has 1 aromatic rings. The number of Topliss-reactive ketones (excluding diaryl/α,β-unsaturated/α-hetero) is 1. The molecule has 1 aromatic carbocycles. The van der Waals surface area contributed by atoms with Gasteiger partial charge in [-0.1, -0.05) is 12.1 Å². The molecule has 33 heavy (non-hydrogen) atoms. The lowest BCUT2D eigenvalue weighted by Gasteiger charge is -2.21. The van der Waals surface area contributed by atoms with Gasteiger partial charge in [-0.15, -0.1) is 0 Å². The average Bonchev–Trinajstić information content (AvgIpc) is 2.79. The van der Waals surface area contributed by atoms with Gasteiger partial charge in [-0.2, -0.15) is 0 Å². The van der Waals surface area contributed by atoms with Crippen LogP contribution >= 0.6 is 0 Å². The van der Waals surface area contributed by atoms with Gasteiger partial charge in [-0.25, -0.2) is 0 Å². The number of benzene rings is 1. The van der Waals surface area contributed by atoms with Crippen molar-refractivity contribution in [3.63, 3.8) is 0 Å². The van der Waals surface area contributed by atoms with Crippen molar-refractivity contribution in [3.05, 3.63) is 29.8 Å². The molecule has 3 N–H and O–H groups in total. The van der Waals surface area contributed by atoms with E-state index in [1.54, 1.807) is 7.11 Å². The van der Waals surface area contributed by atoms with Crippen LogP contribution in [0, 0.1) is 0 Å². The second kappa shape index (κ2) is 17.7. The van der Waals surface area contributed by atoms with E-state index < -0.39 is 23.4 Å². The largest absolute Gasteiger partial charge is 0.768 e. The molecule has 0 aliphatic heterocycles. The molecule has 0 spiro atoms. The van der Waals surface area contributed by atoms with Crippen LogP contribution in [0.5, 0.6) is 0 Å². The molecule has 0 saturated heterocycles. The summed E-state index contributed by atoms with van der Waals surface area (Å²) in [6.45, 7) is 4.17. The van der Waals surface area contributed by atoms with Gasteiger partial charge in [0.1, 0.15) is 12.0 Å². The van der Waals surface area contributed by atoms with Gasteiger partial charge in [0.25, 0.3) is 0 Å². The molecule has 0 aliphatic carbocycles. The van der Waals surface area contributed by atoms with Gasteiger partial charge in [-0.05, 0) is 55.0 Å². The van der Waals surface area contributed by atoms with Crippen LogP contribution in [0.3, 0.4) is 0 Å². The Bertz CT molecular complexity index is 717. The Kier molecular flexibility index (Phi) is 15.7. The number of carbonyl (C=O) groups is 2. The summed E-state index contributed by atoms with van der Waals surface area (Å²) in [7, 11) is 1.60. The Morgan fingerprint density at radius 2 is 1.70 bits per heavy atom. The zero-order chi connectivity index (χ0) is 24.5. The van der Waals surface area contributed by atoms with Crippen molar-refractivity contribution < 1.29 is 37.7 Å². The highest BCUT2D eigenvalue weighted by Crippen LogP contribution is 2.15. The number of aliphatic hydroxyl groups is 1. The van der Waals surface area contributed by atoms with Gasteiger partial charge in [-0.3, -0.25) is 19.1 Å².